The highest BCUT2D eigenvalue weighted by molar-refractivity contribution is 7.20. The van der Waals surface area contributed by atoms with Crippen molar-refractivity contribution in [1.82, 2.24) is 15.1 Å². The first-order valence-electron chi connectivity index (χ1n) is 10.8. The predicted molar refractivity (Wildman–Crippen MR) is 136 cm³/mol. The second-order valence-electron chi connectivity index (χ2n) is 7.79. The highest BCUT2D eigenvalue weighted by Crippen LogP contribution is 2.35. The van der Waals surface area contributed by atoms with Gasteiger partial charge in [-0.1, -0.05) is 60.1 Å². The summed E-state index contributed by atoms with van der Waals surface area (Å²) in [5.41, 5.74) is 3.95. The van der Waals surface area contributed by atoms with E-state index in [4.69, 9.17) is 16.3 Å². The summed E-state index contributed by atoms with van der Waals surface area (Å²) in [5, 5.41) is 8.94. The van der Waals surface area contributed by atoms with E-state index in [2.05, 4.69) is 22.5 Å². The summed E-state index contributed by atoms with van der Waals surface area (Å²) >= 11 is 7.86. The van der Waals surface area contributed by atoms with Crippen molar-refractivity contribution in [1.29, 1.82) is 0 Å². The minimum Gasteiger partial charge on any atom is -0.452 e. The number of halogens is 1. The number of amides is 1. The van der Waals surface area contributed by atoms with Crippen LogP contribution in [0.3, 0.4) is 0 Å². The Balaban J connectivity index is 1.28. The molecule has 0 bridgehead atoms. The molecule has 0 fully saturated rings. The predicted octanol–water partition coefficient (Wildman–Crippen LogP) is 5.29. The fraction of sp³-hybridized carbons (Fsp3) is 0.192. The van der Waals surface area contributed by atoms with Crippen LogP contribution in [0.1, 0.15) is 27.4 Å². The maximum absolute atomic E-state index is 12.2. The Hall–Kier alpha value is -3.42. The average Bonchev–Trinajstić information content (AvgIpc) is 3.30. The van der Waals surface area contributed by atoms with Gasteiger partial charge in [0.25, 0.3) is 5.91 Å². The third kappa shape index (κ3) is 5.55. The van der Waals surface area contributed by atoms with Crippen LogP contribution in [0.15, 0.2) is 60.7 Å². The van der Waals surface area contributed by atoms with E-state index >= 15 is 0 Å². The summed E-state index contributed by atoms with van der Waals surface area (Å²) in [7, 11) is 0. The lowest BCUT2D eigenvalue weighted by molar-refractivity contribution is -0.143. The van der Waals surface area contributed by atoms with Gasteiger partial charge in [0, 0.05) is 38.8 Å². The number of aryl methyl sites for hydroxylation is 1. The van der Waals surface area contributed by atoms with Gasteiger partial charge in [-0.25, -0.2) is 4.79 Å². The number of thiophene rings is 1. The molecule has 34 heavy (non-hydrogen) atoms. The molecule has 0 aliphatic carbocycles. The van der Waals surface area contributed by atoms with Crippen molar-refractivity contribution >= 4 is 51.0 Å². The van der Waals surface area contributed by atoms with Gasteiger partial charge in [0.05, 0.1) is 17.3 Å². The number of aromatic nitrogens is 2. The molecule has 0 saturated carbocycles. The van der Waals surface area contributed by atoms with Crippen molar-refractivity contribution in [2.24, 2.45) is 0 Å². The lowest BCUT2D eigenvalue weighted by Gasteiger charge is -2.07. The Morgan fingerprint density at radius 3 is 2.62 bits per heavy atom. The van der Waals surface area contributed by atoms with Crippen LogP contribution in [0.25, 0.3) is 16.2 Å². The number of esters is 1. The van der Waals surface area contributed by atoms with Crippen molar-refractivity contribution in [3.05, 3.63) is 93.1 Å². The van der Waals surface area contributed by atoms with Crippen molar-refractivity contribution in [3.8, 4) is 0 Å². The highest BCUT2D eigenvalue weighted by atomic mass is 35.5. The Bertz CT molecular complexity index is 1360. The smallest absolute Gasteiger partial charge is 0.331 e. The average molecular weight is 494 g/mol. The molecular weight excluding hydrogens is 470 g/mol. The molecule has 0 atom stereocenters. The molecule has 2 aromatic carbocycles. The summed E-state index contributed by atoms with van der Waals surface area (Å²) in [6.45, 7) is 4.51. The fourth-order valence-electron chi connectivity index (χ4n) is 3.61. The molecule has 2 aromatic heterocycles. The van der Waals surface area contributed by atoms with Gasteiger partial charge in [0.2, 0.25) is 0 Å². The molecule has 1 N–H and O–H groups in total. The molecule has 0 radical (unpaired) electrons. The van der Waals surface area contributed by atoms with Crippen LogP contribution < -0.4 is 5.32 Å². The highest BCUT2D eigenvalue weighted by Gasteiger charge is 2.14. The van der Waals surface area contributed by atoms with Crippen molar-refractivity contribution in [2.45, 2.75) is 26.9 Å². The number of ether oxygens (including phenoxy) is 1. The van der Waals surface area contributed by atoms with Gasteiger partial charge in [-0.2, -0.15) is 5.10 Å². The number of benzene rings is 2. The molecule has 0 saturated heterocycles. The van der Waals surface area contributed by atoms with Crippen LogP contribution in [-0.2, 0) is 27.4 Å². The van der Waals surface area contributed by atoms with Crippen molar-refractivity contribution in [3.63, 3.8) is 0 Å². The largest absolute Gasteiger partial charge is 0.452 e. The van der Waals surface area contributed by atoms with E-state index in [1.54, 1.807) is 6.08 Å². The summed E-state index contributed by atoms with van der Waals surface area (Å²) in [6.07, 6.45) is 2.90. The molecule has 1 amide bonds. The zero-order valence-corrected chi connectivity index (χ0v) is 20.4. The zero-order chi connectivity index (χ0) is 24.1. The molecule has 174 valence electrons. The number of hydrogen-bond acceptors (Lipinski definition) is 5. The Labute approximate surface area is 206 Å². The van der Waals surface area contributed by atoms with Crippen LogP contribution in [0.5, 0.6) is 0 Å². The first-order chi connectivity index (χ1) is 16.4. The van der Waals surface area contributed by atoms with Gasteiger partial charge < -0.3 is 10.1 Å². The monoisotopic (exact) mass is 493 g/mol. The van der Waals surface area contributed by atoms with Crippen LogP contribution in [0.4, 0.5) is 0 Å². The van der Waals surface area contributed by atoms with Gasteiger partial charge in [-0.15, -0.1) is 11.3 Å². The first-order valence-corrected chi connectivity index (χ1v) is 12.0. The molecule has 0 spiro atoms. The first kappa shape index (κ1) is 23.7. The van der Waals surface area contributed by atoms with E-state index < -0.39 is 5.97 Å². The van der Waals surface area contributed by atoms with E-state index in [0.29, 0.717) is 18.1 Å². The van der Waals surface area contributed by atoms with Gasteiger partial charge in [-0.3, -0.25) is 9.48 Å². The Morgan fingerprint density at radius 1 is 1.12 bits per heavy atom. The minimum atomic E-state index is -0.605. The van der Waals surface area contributed by atoms with Crippen LogP contribution in [0.2, 0.25) is 5.02 Å². The number of hydrogen-bond donors (Lipinski definition) is 1. The van der Waals surface area contributed by atoms with Gasteiger partial charge in [-0.05, 0) is 31.6 Å². The molecule has 4 aromatic rings. The van der Waals surface area contributed by atoms with E-state index in [9.17, 15) is 9.59 Å². The third-order valence-electron chi connectivity index (χ3n) is 5.44. The summed E-state index contributed by atoms with van der Waals surface area (Å²) in [6, 6.07) is 17.8. The molecule has 2 heterocycles. The summed E-state index contributed by atoms with van der Waals surface area (Å²) in [5.74, 6) is -0.983. The van der Waals surface area contributed by atoms with E-state index in [0.717, 1.165) is 37.5 Å². The van der Waals surface area contributed by atoms with Crippen molar-refractivity contribution in [2.75, 3.05) is 6.61 Å². The molecule has 4 rings (SSSR count). The number of nitrogens with zero attached hydrogens (tertiary/aromatic N) is 2. The second-order valence-corrected chi connectivity index (χ2v) is 9.25. The van der Waals surface area contributed by atoms with Gasteiger partial charge in [0.1, 0.15) is 0 Å². The normalized spacial score (nSPS) is 11.3. The number of carbonyl (C=O) groups is 2. The topological polar surface area (TPSA) is 73.2 Å². The van der Waals surface area contributed by atoms with Crippen LogP contribution in [-0.4, -0.2) is 28.3 Å². The number of rotatable bonds is 8. The standard InChI is InChI=1S/C26H24ClN3O3S/c1-17-21(18(2)30(29-17)15-19-8-4-3-5-9-19)14-28-24(31)16-33-25(32)13-12-23-26(27)20-10-6-7-11-22(20)34-23/h3-13H,14-16H2,1-2H3,(H,28,31)/b13-12+. The lowest BCUT2D eigenvalue weighted by atomic mass is 10.2. The van der Waals surface area contributed by atoms with Crippen LogP contribution in [0, 0.1) is 13.8 Å². The fourth-order valence-corrected chi connectivity index (χ4v) is 5.01. The molecule has 0 aliphatic rings. The van der Waals surface area contributed by atoms with Gasteiger partial charge >= 0.3 is 5.97 Å². The molecule has 8 heteroatoms. The van der Waals surface area contributed by atoms with Gasteiger partial charge in [0.15, 0.2) is 6.61 Å². The SMILES string of the molecule is Cc1nn(Cc2ccccc2)c(C)c1CNC(=O)COC(=O)/C=C/c1sc2ccccc2c1Cl. The maximum atomic E-state index is 12.2. The minimum absolute atomic E-state index is 0.316. The maximum Gasteiger partial charge on any atom is 0.331 e. The lowest BCUT2D eigenvalue weighted by Crippen LogP contribution is -2.28. The molecule has 0 unspecified atom stereocenters. The Morgan fingerprint density at radius 2 is 1.85 bits per heavy atom. The van der Waals surface area contributed by atoms with Crippen LogP contribution >= 0.6 is 22.9 Å². The second kappa shape index (κ2) is 10.7. The quantitative estimate of drug-likeness (QED) is 0.267. The molecule has 0 aliphatic heterocycles. The summed E-state index contributed by atoms with van der Waals surface area (Å²) in [4.78, 5) is 25.1. The number of fused-ring (bicyclic) bond motifs is 1. The van der Waals surface area contributed by atoms with E-state index in [1.807, 2.05) is 61.0 Å². The third-order valence-corrected chi connectivity index (χ3v) is 7.10. The zero-order valence-electron chi connectivity index (χ0n) is 18.9. The molecular formula is C26H24ClN3O3S. The Kier molecular flexibility index (Phi) is 7.45. The van der Waals surface area contributed by atoms with E-state index in [1.165, 1.54) is 17.4 Å². The summed E-state index contributed by atoms with van der Waals surface area (Å²) < 4.78 is 8.04. The number of carbonyl (C=O) groups excluding carboxylic acids is 2. The van der Waals surface area contributed by atoms with E-state index in [-0.39, 0.29) is 12.5 Å². The number of nitrogens with one attached hydrogen (secondary N) is 1. The van der Waals surface area contributed by atoms with Crippen molar-refractivity contribution < 1.29 is 14.3 Å². The molecule has 6 nitrogen and oxygen atoms in total.